The van der Waals surface area contributed by atoms with Crippen molar-refractivity contribution in [2.45, 2.75) is 27.7 Å². The fourth-order valence-corrected chi connectivity index (χ4v) is 2.82. The van der Waals surface area contributed by atoms with E-state index in [1.807, 2.05) is 6.21 Å². The van der Waals surface area contributed by atoms with Gasteiger partial charge in [-0.2, -0.15) is 5.10 Å². The lowest BCUT2D eigenvalue weighted by Gasteiger charge is -2.09. The van der Waals surface area contributed by atoms with Crippen LogP contribution in [0.4, 0.5) is 5.69 Å². The lowest BCUT2D eigenvalue weighted by atomic mass is 10.1. The minimum Gasteiger partial charge on any atom is -0.319 e. The van der Waals surface area contributed by atoms with Gasteiger partial charge in [0.2, 0.25) is 0 Å². The van der Waals surface area contributed by atoms with Gasteiger partial charge in [0, 0.05) is 17.1 Å². The molecule has 0 aliphatic rings. The molecule has 0 aliphatic carbocycles. The van der Waals surface area contributed by atoms with Crippen molar-refractivity contribution in [1.29, 1.82) is 0 Å². The molecule has 1 heterocycles. The van der Waals surface area contributed by atoms with Gasteiger partial charge in [-0.05, 0) is 74.7 Å². The third-order valence-corrected chi connectivity index (χ3v) is 4.21. The summed E-state index contributed by atoms with van der Waals surface area (Å²) in [5, 5.41) is 4.36. The molecule has 1 N–H and O–H groups in total. The third kappa shape index (κ3) is 3.40. The second kappa shape index (κ2) is 6.75. The van der Waals surface area contributed by atoms with Crippen LogP contribution >= 0.6 is 0 Å². The molecule has 2 aromatic carbocycles. The van der Waals surface area contributed by atoms with Gasteiger partial charge in [-0.1, -0.05) is 24.3 Å². The van der Waals surface area contributed by atoms with Crippen LogP contribution in [0, 0.1) is 27.7 Å². The number of hydrogen-bond acceptors (Lipinski definition) is 2. The Morgan fingerprint density at radius 1 is 0.833 bits per heavy atom. The van der Waals surface area contributed by atoms with Crippen molar-refractivity contribution in [2.24, 2.45) is 5.10 Å². The molecule has 0 spiro atoms. The lowest BCUT2D eigenvalue weighted by molar-refractivity contribution is 0.966. The van der Waals surface area contributed by atoms with E-state index < -0.39 is 0 Å². The second-order valence-electron chi connectivity index (χ2n) is 6.23. The van der Waals surface area contributed by atoms with Crippen LogP contribution in [0.3, 0.4) is 0 Å². The zero-order chi connectivity index (χ0) is 17.1. The summed E-state index contributed by atoms with van der Waals surface area (Å²) in [4.78, 5) is 0. The fraction of sp³-hybridized carbons (Fsp3) is 0.190. The lowest BCUT2D eigenvalue weighted by Crippen LogP contribution is -1.99. The summed E-state index contributed by atoms with van der Waals surface area (Å²) >= 11 is 0. The molecule has 0 unspecified atom stereocenters. The molecular formula is C21H23N3. The molecule has 0 bridgehead atoms. The van der Waals surface area contributed by atoms with E-state index in [-0.39, 0.29) is 0 Å². The molecule has 0 aliphatic heterocycles. The maximum atomic E-state index is 4.36. The van der Waals surface area contributed by atoms with Crippen molar-refractivity contribution in [2.75, 3.05) is 5.43 Å². The quantitative estimate of drug-likeness (QED) is 0.523. The monoisotopic (exact) mass is 317 g/mol. The minimum absolute atomic E-state index is 1.04. The Morgan fingerprint density at radius 2 is 1.50 bits per heavy atom. The van der Waals surface area contributed by atoms with Gasteiger partial charge in [-0.3, -0.25) is 5.43 Å². The number of benzene rings is 2. The van der Waals surface area contributed by atoms with Crippen LogP contribution in [0.2, 0.25) is 0 Å². The molecule has 3 rings (SSSR count). The topological polar surface area (TPSA) is 29.3 Å². The average molecular weight is 317 g/mol. The molecule has 0 amide bonds. The van der Waals surface area contributed by atoms with Gasteiger partial charge in [0.25, 0.3) is 0 Å². The van der Waals surface area contributed by atoms with Crippen LogP contribution in [-0.4, -0.2) is 10.8 Å². The fourth-order valence-electron chi connectivity index (χ4n) is 2.82. The molecule has 122 valence electrons. The van der Waals surface area contributed by atoms with Gasteiger partial charge in [0.1, 0.15) is 0 Å². The van der Waals surface area contributed by atoms with Crippen LogP contribution in [0.15, 0.2) is 59.7 Å². The molecule has 1 aromatic heterocycles. The number of nitrogens with one attached hydrogen (secondary N) is 1. The second-order valence-corrected chi connectivity index (χ2v) is 6.23. The molecule has 24 heavy (non-hydrogen) atoms. The van der Waals surface area contributed by atoms with Crippen molar-refractivity contribution >= 4 is 11.9 Å². The first kappa shape index (κ1) is 16.1. The van der Waals surface area contributed by atoms with E-state index in [4.69, 9.17) is 0 Å². The molecular weight excluding hydrogens is 294 g/mol. The molecule has 0 saturated carbocycles. The number of anilines is 1. The summed E-state index contributed by atoms with van der Waals surface area (Å²) in [6.45, 7) is 8.40. The highest BCUT2D eigenvalue weighted by Gasteiger charge is 2.03. The summed E-state index contributed by atoms with van der Waals surface area (Å²) < 4.78 is 2.25. The van der Waals surface area contributed by atoms with Crippen LogP contribution in [-0.2, 0) is 0 Å². The van der Waals surface area contributed by atoms with Gasteiger partial charge in [-0.25, -0.2) is 0 Å². The molecule has 0 fully saturated rings. The number of hydrogen-bond donors (Lipinski definition) is 1. The van der Waals surface area contributed by atoms with E-state index in [1.165, 1.54) is 28.2 Å². The maximum Gasteiger partial charge on any atom is 0.0593 e. The molecule has 0 radical (unpaired) electrons. The normalized spacial score (nSPS) is 11.2. The zero-order valence-corrected chi connectivity index (χ0v) is 14.7. The number of aromatic nitrogens is 1. The molecule has 0 saturated heterocycles. The third-order valence-electron chi connectivity index (χ3n) is 4.21. The first-order valence-corrected chi connectivity index (χ1v) is 8.16. The highest BCUT2D eigenvalue weighted by molar-refractivity contribution is 5.80. The Hall–Kier alpha value is -2.81. The smallest absolute Gasteiger partial charge is 0.0593 e. The van der Waals surface area contributed by atoms with Crippen molar-refractivity contribution in [3.05, 3.63) is 82.7 Å². The van der Waals surface area contributed by atoms with Crippen LogP contribution in [0.5, 0.6) is 0 Å². The summed E-state index contributed by atoms with van der Waals surface area (Å²) in [5.41, 5.74) is 11.3. The van der Waals surface area contributed by atoms with E-state index in [1.54, 1.807) is 0 Å². The molecule has 3 nitrogen and oxygen atoms in total. The van der Waals surface area contributed by atoms with Crippen molar-refractivity contribution in [3.63, 3.8) is 0 Å². The predicted octanol–water partition coefficient (Wildman–Crippen LogP) is 5.16. The number of hydrazone groups is 1. The maximum absolute atomic E-state index is 4.36. The Labute approximate surface area is 143 Å². The predicted molar refractivity (Wildman–Crippen MR) is 102 cm³/mol. The van der Waals surface area contributed by atoms with E-state index in [0.29, 0.717) is 0 Å². The van der Waals surface area contributed by atoms with E-state index in [2.05, 4.69) is 97.4 Å². The van der Waals surface area contributed by atoms with Crippen molar-refractivity contribution < 1.29 is 0 Å². The standard InChI is InChI=1S/C21H23N3/c1-15-5-6-16(2)21(13-15)23-22-14-19-9-11-20(12-10-19)24-17(3)7-8-18(24)4/h5-14,23H,1-4H3/b22-14+. The minimum atomic E-state index is 1.04. The summed E-state index contributed by atoms with van der Waals surface area (Å²) in [6.07, 6.45) is 1.85. The van der Waals surface area contributed by atoms with Gasteiger partial charge >= 0.3 is 0 Å². The van der Waals surface area contributed by atoms with Gasteiger partial charge in [-0.15, -0.1) is 0 Å². The highest BCUT2D eigenvalue weighted by atomic mass is 15.3. The number of rotatable bonds is 4. The van der Waals surface area contributed by atoms with E-state index in [9.17, 15) is 0 Å². The van der Waals surface area contributed by atoms with Gasteiger partial charge < -0.3 is 4.57 Å². The van der Waals surface area contributed by atoms with Crippen molar-refractivity contribution in [1.82, 2.24) is 4.57 Å². The Kier molecular flexibility index (Phi) is 4.52. The van der Waals surface area contributed by atoms with Gasteiger partial charge in [0.05, 0.1) is 11.9 Å². The molecule has 0 atom stereocenters. The first-order chi connectivity index (χ1) is 11.5. The summed E-state index contributed by atoms with van der Waals surface area (Å²) in [6, 6.07) is 19.0. The first-order valence-electron chi connectivity index (χ1n) is 8.16. The SMILES string of the molecule is Cc1ccc(C)c(N/N=C/c2ccc(-n3c(C)ccc3C)cc2)c1. The Morgan fingerprint density at radius 3 is 2.17 bits per heavy atom. The summed E-state index contributed by atoms with van der Waals surface area (Å²) in [5.74, 6) is 0. The van der Waals surface area contributed by atoms with E-state index in [0.717, 1.165) is 11.3 Å². The number of aryl methyl sites for hydroxylation is 4. The molecule has 3 aromatic rings. The zero-order valence-electron chi connectivity index (χ0n) is 14.7. The number of nitrogens with zero attached hydrogens (tertiary/aromatic N) is 2. The van der Waals surface area contributed by atoms with Crippen LogP contribution in [0.25, 0.3) is 5.69 Å². The van der Waals surface area contributed by atoms with Crippen molar-refractivity contribution in [3.8, 4) is 5.69 Å². The van der Waals surface area contributed by atoms with Crippen LogP contribution < -0.4 is 5.43 Å². The summed E-state index contributed by atoms with van der Waals surface area (Å²) in [7, 11) is 0. The van der Waals surface area contributed by atoms with Gasteiger partial charge in [0.15, 0.2) is 0 Å². The average Bonchev–Trinajstić information content (AvgIpc) is 2.90. The highest BCUT2D eigenvalue weighted by Crippen LogP contribution is 2.17. The van der Waals surface area contributed by atoms with E-state index >= 15 is 0 Å². The Balaban J connectivity index is 1.73. The van der Waals surface area contributed by atoms with Crippen LogP contribution in [0.1, 0.15) is 28.1 Å². The largest absolute Gasteiger partial charge is 0.319 e. The molecule has 3 heteroatoms. The Bertz CT molecular complexity index is 851.